The van der Waals surface area contributed by atoms with E-state index in [1.165, 1.54) is 0 Å². The van der Waals surface area contributed by atoms with Gasteiger partial charge >= 0.3 is 0 Å². The molecule has 7 nitrogen and oxygen atoms in total. The number of ketones is 4. The molecule has 0 aliphatic rings. The first-order valence-electron chi connectivity index (χ1n) is 18.3. The molecule has 5 aromatic rings. The highest BCUT2D eigenvalue weighted by atomic mass is 16.1. The van der Waals surface area contributed by atoms with E-state index in [1.54, 1.807) is 0 Å². The largest absolute Gasteiger partial charge is 0.361 e. The number of aromatic nitrogens is 3. The molecule has 0 bridgehead atoms. The van der Waals surface area contributed by atoms with Crippen LogP contribution < -0.4 is 0 Å². The van der Waals surface area contributed by atoms with Crippen LogP contribution in [-0.2, 0) is 38.5 Å². The maximum Gasteiger partial charge on any atom is 0.185 e. The summed E-state index contributed by atoms with van der Waals surface area (Å²) in [7, 11) is 0. The number of H-pyrrole nitrogens is 3. The lowest BCUT2D eigenvalue weighted by molar-refractivity contribution is 0.0971. The number of unbranched alkanes of at least 4 members (excludes halogenated alkanes) is 2. The number of carbonyl (C=O) groups is 4. The van der Waals surface area contributed by atoms with Crippen LogP contribution in [0.3, 0.4) is 0 Å². The third kappa shape index (κ3) is 8.47. The SMILES string of the molecule is CCCCc1c(C(=O)Cc2[nH]c(CC(=O)c3[nH]c(C(=O)Cc4ccccc4)c(C)c3CCCC)c(C)c2C)[nH]c(C(=O)Cc2ccccc2)c1C. The molecule has 0 unspecified atom stereocenters. The number of aromatic amines is 3. The Kier molecular flexibility index (Phi) is 12.2. The average molecular weight is 686 g/mol. The molecule has 0 atom stereocenters. The molecule has 266 valence electrons. The highest BCUT2D eigenvalue weighted by Crippen LogP contribution is 2.28. The van der Waals surface area contributed by atoms with Crippen LogP contribution in [0.4, 0.5) is 0 Å². The van der Waals surface area contributed by atoms with Crippen LogP contribution >= 0.6 is 0 Å². The van der Waals surface area contributed by atoms with Gasteiger partial charge in [-0.25, -0.2) is 0 Å². The van der Waals surface area contributed by atoms with E-state index in [9.17, 15) is 19.2 Å². The fourth-order valence-electron chi connectivity index (χ4n) is 7.04. The zero-order valence-corrected chi connectivity index (χ0v) is 31.0. The lowest BCUT2D eigenvalue weighted by Crippen LogP contribution is -2.10. The maximum atomic E-state index is 14.0. The molecule has 3 aromatic heterocycles. The van der Waals surface area contributed by atoms with Gasteiger partial charge in [0, 0.05) is 24.2 Å². The lowest BCUT2D eigenvalue weighted by atomic mass is 9.97. The second kappa shape index (κ2) is 16.8. The molecule has 0 fully saturated rings. The van der Waals surface area contributed by atoms with Gasteiger partial charge in [0.05, 0.1) is 35.6 Å². The summed E-state index contributed by atoms with van der Waals surface area (Å²) in [6, 6.07) is 19.3. The molecule has 7 heteroatoms. The minimum absolute atomic E-state index is 0.0361. The van der Waals surface area contributed by atoms with E-state index in [-0.39, 0.29) is 48.8 Å². The molecule has 0 spiro atoms. The highest BCUT2D eigenvalue weighted by Gasteiger charge is 2.27. The van der Waals surface area contributed by atoms with Crippen molar-refractivity contribution in [2.24, 2.45) is 0 Å². The van der Waals surface area contributed by atoms with Gasteiger partial charge in [0.2, 0.25) is 0 Å². The van der Waals surface area contributed by atoms with Crippen LogP contribution in [0.5, 0.6) is 0 Å². The van der Waals surface area contributed by atoms with Gasteiger partial charge in [-0.1, -0.05) is 87.4 Å². The molecule has 0 aliphatic heterocycles. The number of carbonyl (C=O) groups excluding carboxylic acids is 4. The molecule has 5 rings (SSSR count). The molecular weight excluding hydrogens is 635 g/mol. The van der Waals surface area contributed by atoms with Crippen molar-refractivity contribution in [3.8, 4) is 0 Å². The van der Waals surface area contributed by atoms with Crippen LogP contribution in [0.25, 0.3) is 0 Å². The van der Waals surface area contributed by atoms with Gasteiger partial charge in [0.1, 0.15) is 0 Å². The van der Waals surface area contributed by atoms with Gasteiger partial charge in [0.25, 0.3) is 0 Å². The monoisotopic (exact) mass is 685 g/mol. The van der Waals surface area contributed by atoms with Gasteiger partial charge < -0.3 is 15.0 Å². The zero-order chi connectivity index (χ0) is 36.7. The van der Waals surface area contributed by atoms with Gasteiger partial charge in [0.15, 0.2) is 23.1 Å². The molecular formula is C44H51N3O4. The van der Waals surface area contributed by atoms with E-state index >= 15 is 0 Å². The molecule has 51 heavy (non-hydrogen) atoms. The number of benzene rings is 2. The van der Waals surface area contributed by atoms with E-state index in [0.29, 0.717) is 35.6 Å². The summed E-state index contributed by atoms with van der Waals surface area (Å²) in [5.74, 6) is -0.251. The summed E-state index contributed by atoms with van der Waals surface area (Å²) >= 11 is 0. The van der Waals surface area contributed by atoms with Crippen LogP contribution in [0.2, 0.25) is 0 Å². The molecule has 3 N–H and O–H groups in total. The Morgan fingerprint density at radius 3 is 1.16 bits per heavy atom. The molecule has 0 saturated carbocycles. The van der Waals surface area contributed by atoms with Gasteiger partial charge in [-0.15, -0.1) is 0 Å². The smallest absolute Gasteiger partial charge is 0.185 e. The van der Waals surface area contributed by atoms with E-state index in [2.05, 4.69) is 28.8 Å². The Morgan fingerprint density at radius 2 is 0.804 bits per heavy atom. The third-order valence-electron chi connectivity index (χ3n) is 10.3. The molecule has 0 amide bonds. The molecule has 0 aliphatic carbocycles. The fourth-order valence-corrected chi connectivity index (χ4v) is 7.04. The summed E-state index contributed by atoms with van der Waals surface area (Å²) in [6.45, 7) is 12.0. The van der Waals surface area contributed by atoms with Crippen molar-refractivity contribution >= 4 is 23.1 Å². The summed E-state index contributed by atoms with van der Waals surface area (Å²) in [4.78, 5) is 64.7. The predicted molar refractivity (Wildman–Crippen MR) is 204 cm³/mol. The lowest BCUT2D eigenvalue weighted by Gasteiger charge is -2.05. The van der Waals surface area contributed by atoms with Crippen LogP contribution in [0.1, 0.15) is 137 Å². The van der Waals surface area contributed by atoms with Crippen LogP contribution in [0, 0.1) is 27.7 Å². The van der Waals surface area contributed by atoms with E-state index in [0.717, 1.165) is 81.6 Å². The Morgan fingerprint density at radius 1 is 0.451 bits per heavy atom. The Labute approximate surface area is 301 Å². The summed E-state index contributed by atoms with van der Waals surface area (Å²) in [5.41, 5.74) is 10.8. The van der Waals surface area contributed by atoms with Gasteiger partial charge in [-0.3, -0.25) is 19.2 Å². The van der Waals surface area contributed by atoms with E-state index in [4.69, 9.17) is 0 Å². The van der Waals surface area contributed by atoms with Crippen molar-refractivity contribution in [1.82, 2.24) is 15.0 Å². The third-order valence-corrected chi connectivity index (χ3v) is 10.3. The van der Waals surface area contributed by atoms with Crippen molar-refractivity contribution < 1.29 is 19.2 Å². The summed E-state index contributed by atoms with van der Waals surface area (Å²) < 4.78 is 0. The Bertz CT molecular complexity index is 1880. The second-order valence-corrected chi connectivity index (χ2v) is 13.9. The molecule has 2 aromatic carbocycles. The topological polar surface area (TPSA) is 116 Å². The normalized spacial score (nSPS) is 11.3. The molecule has 3 heterocycles. The highest BCUT2D eigenvalue weighted by molar-refractivity contribution is 6.04. The van der Waals surface area contributed by atoms with Crippen LogP contribution in [0.15, 0.2) is 60.7 Å². The Balaban J connectivity index is 1.38. The van der Waals surface area contributed by atoms with Crippen molar-refractivity contribution in [3.63, 3.8) is 0 Å². The number of nitrogens with one attached hydrogen (secondary N) is 3. The number of rotatable bonds is 18. The van der Waals surface area contributed by atoms with Crippen molar-refractivity contribution in [2.45, 2.75) is 106 Å². The maximum absolute atomic E-state index is 14.0. The summed E-state index contributed by atoms with van der Waals surface area (Å²) in [5, 5.41) is 0. The quantitative estimate of drug-likeness (QED) is 0.0798. The first kappa shape index (κ1) is 37.2. The second-order valence-electron chi connectivity index (χ2n) is 13.9. The van der Waals surface area contributed by atoms with Crippen molar-refractivity contribution in [3.05, 3.63) is 139 Å². The zero-order valence-electron chi connectivity index (χ0n) is 31.0. The minimum atomic E-state index is -0.0893. The number of hydrogen-bond acceptors (Lipinski definition) is 4. The van der Waals surface area contributed by atoms with Crippen molar-refractivity contribution in [2.75, 3.05) is 0 Å². The first-order chi connectivity index (χ1) is 24.5. The molecule has 0 saturated heterocycles. The first-order valence-corrected chi connectivity index (χ1v) is 18.3. The van der Waals surface area contributed by atoms with Crippen LogP contribution in [-0.4, -0.2) is 38.1 Å². The fraction of sp³-hybridized carbons (Fsp3) is 0.364. The number of Topliss-reactive ketones (excluding diaryl/α,β-unsaturated/α-hetero) is 4. The standard InChI is InChI=1S/C44H51N3O4/c1-7-9-21-33-29(5)41(37(48)23-31-17-13-11-14-18-31)46-43(33)39(50)25-35-27(3)28(4)36(45-35)26-40(51)44-34(22-10-8-2)30(6)42(47-44)38(49)24-32-19-15-12-16-20-32/h11-20,45-47H,7-10,21-26H2,1-6H3. The van der Waals surface area contributed by atoms with E-state index < -0.39 is 0 Å². The molecule has 0 radical (unpaired) electrons. The van der Waals surface area contributed by atoms with Gasteiger partial charge in [-0.2, -0.15) is 0 Å². The predicted octanol–water partition coefficient (Wildman–Crippen LogP) is 9.29. The van der Waals surface area contributed by atoms with E-state index in [1.807, 2.05) is 88.4 Å². The minimum Gasteiger partial charge on any atom is -0.361 e. The van der Waals surface area contributed by atoms with Crippen molar-refractivity contribution in [1.29, 1.82) is 0 Å². The summed E-state index contributed by atoms with van der Waals surface area (Å²) in [6.07, 6.45) is 5.96. The van der Waals surface area contributed by atoms with Gasteiger partial charge in [-0.05, 0) is 97.9 Å². The Hall–Kier alpha value is -5.04. The number of hydrogen-bond donors (Lipinski definition) is 3. The average Bonchev–Trinajstić information content (AvgIpc) is 3.73.